The van der Waals surface area contributed by atoms with Gasteiger partial charge in [0, 0.05) is 11.6 Å². The lowest BCUT2D eigenvalue weighted by atomic mass is 10.3. The summed E-state index contributed by atoms with van der Waals surface area (Å²) >= 11 is 11.7. The molecule has 1 unspecified atom stereocenters. The van der Waals surface area contributed by atoms with Crippen molar-refractivity contribution in [2.75, 3.05) is 18.5 Å². The second-order valence-corrected chi connectivity index (χ2v) is 5.24. The van der Waals surface area contributed by atoms with Gasteiger partial charge in [-0.15, -0.1) is 0 Å². The molecule has 0 amide bonds. The van der Waals surface area contributed by atoms with E-state index >= 15 is 0 Å². The van der Waals surface area contributed by atoms with Gasteiger partial charge in [-0.2, -0.15) is 0 Å². The highest BCUT2D eigenvalue weighted by Crippen LogP contribution is 2.24. The fourth-order valence-electron chi connectivity index (χ4n) is 1.69. The average Bonchev–Trinajstić information content (AvgIpc) is 2.45. The molecule has 0 fully saturated rings. The van der Waals surface area contributed by atoms with Crippen molar-refractivity contribution in [1.82, 2.24) is 0 Å². The largest absolute Gasteiger partial charge is 0.491 e. The Bertz CT molecular complexity index is 590. The van der Waals surface area contributed by atoms with Crippen molar-refractivity contribution in [2.45, 2.75) is 6.10 Å². The van der Waals surface area contributed by atoms with Gasteiger partial charge in [0.2, 0.25) is 0 Å². The number of anilines is 1. The van der Waals surface area contributed by atoms with Crippen molar-refractivity contribution in [2.24, 2.45) is 0 Å². The Labute approximate surface area is 132 Å². The molecule has 2 N–H and O–H groups in total. The summed E-state index contributed by atoms with van der Waals surface area (Å²) in [5.41, 5.74) is 0.168. The predicted octanol–water partition coefficient (Wildman–Crippen LogP) is 3.98. The Balaban J connectivity index is 1.84. The number of ether oxygens (including phenoxy) is 1. The van der Waals surface area contributed by atoms with Crippen LogP contribution in [-0.2, 0) is 0 Å². The van der Waals surface area contributed by atoms with E-state index in [1.165, 1.54) is 12.1 Å². The second kappa shape index (κ2) is 7.50. The summed E-state index contributed by atoms with van der Waals surface area (Å²) in [6, 6.07) is 11.2. The van der Waals surface area contributed by atoms with Crippen LogP contribution in [0.5, 0.6) is 5.75 Å². The van der Waals surface area contributed by atoms with Crippen LogP contribution in [0, 0.1) is 5.82 Å². The first-order valence-electron chi connectivity index (χ1n) is 6.30. The summed E-state index contributed by atoms with van der Waals surface area (Å²) in [6.45, 7) is 0.167. The molecule has 2 aromatic carbocycles. The van der Waals surface area contributed by atoms with Crippen LogP contribution in [0.2, 0.25) is 10.0 Å². The normalized spacial score (nSPS) is 12.0. The van der Waals surface area contributed by atoms with Crippen LogP contribution in [0.1, 0.15) is 0 Å². The van der Waals surface area contributed by atoms with E-state index in [1.54, 1.807) is 30.3 Å². The van der Waals surface area contributed by atoms with Crippen LogP contribution in [0.3, 0.4) is 0 Å². The van der Waals surface area contributed by atoms with Gasteiger partial charge >= 0.3 is 0 Å². The van der Waals surface area contributed by atoms with Crippen molar-refractivity contribution >= 4 is 28.9 Å². The maximum atomic E-state index is 13.5. The van der Waals surface area contributed by atoms with Crippen LogP contribution in [0.4, 0.5) is 10.1 Å². The third-order valence-electron chi connectivity index (χ3n) is 2.72. The van der Waals surface area contributed by atoms with Gasteiger partial charge in [-0.1, -0.05) is 35.3 Å². The van der Waals surface area contributed by atoms with Gasteiger partial charge in [0.1, 0.15) is 24.3 Å². The number of aliphatic hydroxyl groups excluding tert-OH is 1. The van der Waals surface area contributed by atoms with E-state index in [-0.39, 0.29) is 23.9 Å². The molecule has 6 heteroatoms. The Morgan fingerprint density at radius 3 is 2.67 bits per heavy atom. The molecule has 2 rings (SSSR count). The fourth-order valence-corrected chi connectivity index (χ4v) is 2.10. The molecule has 0 spiro atoms. The summed E-state index contributed by atoms with van der Waals surface area (Å²) in [5, 5.41) is 13.4. The van der Waals surface area contributed by atoms with E-state index in [0.717, 1.165) is 0 Å². The highest BCUT2D eigenvalue weighted by molar-refractivity contribution is 6.33. The van der Waals surface area contributed by atoms with E-state index in [0.29, 0.717) is 10.8 Å². The standard InChI is InChI=1S/C15H14Cl2FNO2/c16-10-3-1-4-12(7-10)21-9-11(20)8-19-15-13(17)5-2-6-14(15)18/h1-7,11,19-20H,8-9H2. The molecular formula is C15H14Cl2FNO2. The molecule has 1 atom stereocenters. The molecule has 3 nitrogen and oxygen atoms in total. The monoisotopic (exact) mass is 329 g/mol. The molecule has 0 radical (unpaired) electrons. The number of nitrogens with one attached hydrogen (secondary N) is 1. The molecule has 0 aromatic heterocycles. The number of aliphatic hydroxyl groups is 1. The van der Waals surface area contributed by atoms with Crippen molar-refractivity contribution < 1.29 is 14.2 Å². The zero-order valence-corrected chi connectivity index (χ0v) is 12.5. The molecule has 112 valence electrons. The topological polar surface area (TPSA) is 41.5 Å². The first-order chi connectivity index (χ1) is 10.1. The minimum absolute atomic E-state index is 0.0550. The van der Waals surface area contributed by atoms with Crippen LogP contribution in [-0.4, -0.2) is 24.4 Å². The summed E-state index contributed by atoms with van der Waals surface area (Å²) in [4.78, 5) is 0. The molecule has 0 aliphatic heterocycles. The van der Waals surface area contributed by atoms with E-state index in [2.05, 4.69) is 5.32 Å². The summed E-state index contributed by atoms with van der Waals surface area (Å²) < 4.78 is 18.9. The maximum absolute atomic E-state index is 13.5. The van der Waals surface area contributed by atoms with Crippen LogP contribution in [0.25, 0.3) is 0 Å². The smallest absolute Gasteiger partial charge is 0.147 e. The van der Waals surface area contributed by atoms with Gasteiger partial charge in [-0.25, -0.2) is 4.39 Å². The van der Waals surface area contributed by atoms with Gasteiger partial charge in [0.15, 0.2) is 0 Å². The first kappa shape index (κ1) is 15.9. The lowest BCUT2D eigenvalue weighted by molar-refractivity contribution is 0.117. The third kappa shape index (κ3) is 4.77. The first-order valence-corrected chi connectivity index (χ1v) is 7.06. The molecular weight excluding hydrogens is 316 g/mol. The predicted molar refractivity (Wildman–Crippen MR) is 82.9 cm³/mol. The number of hydrogen-bond acceptors (Lipinski definition) is 3. The van der Waals surface area contributed by atoms with Gasteiger partial charge in [-0.05, 0) is 30.3 Å². The zero-order chi connectivity index (χ0) is 15.2. The fraction of sp³-hybridized carbons (Fsp3) is 0.200. The number of rotatable bonds is 6. The molecule has 0 heterocycles. The zero-order valence-electron chi connectivity index (χ0n) is 11.0. The Morgan fingerprint density at radius 2 is 1.95 bits per heavy atom. The molecule has 0 aliphatic rings. The van der Waals surface area contributed by atoms with Crippen molar-refractivity contribution in [3.63, 3.8) is 0 Å². The number of para-hydroxylation sites is 1. The quantitative estimate of drug-likeness (QED) is 0.842. The molecule has 0 saturated carbocycles. The van der Waals surface area contributed by atoms with Crippen molar-refractivity contribution in [3.05, 3.63) is 58.3 Å². The number of hydrogen-bond donors (Lipinski definition) is 2. The average molecular weight is 330 g/mol. The molecule has 0 saturated heterocycles. The highest BCUT2D eigenvalue weighted by Gasteiger charge is 2.10. The van der Waals surface area contributed by atoms with E-state index in [4.69, 9.17) is 27.9 Å². The summed E-state index contributed by atoms with van der Waals surface area (Å²) in [6.07, 6.45) is -0.820. The van der Waals surface area contributed by atoms with Gasteiger partial charge < -0.3 is 15.2 Å². The van der Waals surface area contributed by atoms with E-state index in [1.807, 2.05) is 0 Å². The van der Waals surface area contributed by atoms with Crippen molar-refractivity contribution in [1.29, 1.82) is 0 Å². The molecule has 21 heavy (non-hydrogen) atoms. The lowest BCUT2D eigenvalue weighted by Gasteiger charge is -2.15. The van der Waals surface area contributed by atoms with Gasteiger partial charge in [0.05, 0.1) is 10.7 Å². The second-order valence-electron chi connectivity index (χ2n) is 4.40. The minimum Gasteiger partial charge on any atom is -0.491 e. The SMILES string of the molecule is OC(CNc1c(F)cccc1Cl)COc1cccc(Cl)c1. The molecule has 0 bridgehead atoms. The Hall–Kier alpha value is -1.49. The maximum Gasteiger partial charge on any atom is 0.147 e. The molecule has 2 aromatic rings. The van der Waals surface area contributed by atoms with Gasteiger partial charge in [-0.3, -0.25) is 0 Å². The summed E-state index contributed by atoms with van der Waals surface area (Å²) in [7, 11) is 0. The highest BCUT2D eigenvalue weighted by atomic mass is 35.5. The van der Waals surface area contributed by atoms with E-state index in [9.17, 15) is 9.50 Å². The summed E-state index contributed by atoms with van der Waals surface area (Å²) in [5.74, 6) is 0.0935. The number of halogens is 3. The lowest BCUT2D eigenvalue weighted by Crippen LogP contribution is -2.26. The van der Waals surface area contributed by atoms with Crippen LogP contribution < -0.4 is 10.1 Å². The Kier molecular flexibility index (Phi) is 5.67. The minimum atomic E-state index is -0.820. The van der Waals surface area contributed by atoms with Crippen LogP contribution in [0.15, 0.2) is 42.5 Å². The number of benzene rings is 2. The Morgan fingerprint density at radius 1 is 1.19 bits per heavy atom. The van der Waals surface area contributed by atoms with Crippen molar-refractivity contribution in [3.8, 4) is 5.75 Å². The van der Waals surface area contributed by atoms with E-state index < -0.39 is 11.9 Å². The van der Waals surface area contributed by atoms with Crippen LogP contribution >= 0.6 is 23.2 Å². The molecule has 0 aliphatic carbocycles. The third-order valence-corrected chi connectivity index (χ3v) is 3.27. The van der Waals surface area contributed by atoms with Gasteiger partial charge in [0.25, 0.3) is 0 Å².